The number of nitrogens with one attached hydrogen (secondary N) is 1. The molecule has 0 radical (unpaired) electrons. The number of nitrogens with zero attached hydrogens (tertiary/aromatic N) is 3. The molecule has 0 unspecified atom stereocenters. The van der Waals surface area contributed by atoms with Crippen LogP contribution >= 0.6 is 34.8 Å². The molecule has 0 bridgehead atoms. The van der Waals surface area contributed by atoms with Gasteiger partial charge >= 0.3 is 0 Å². The van der Waals surface area contributed by atoms with E-state index in [1.54, 1.807) is 24.1 Å². The van der Waals surface area contributed by atoms with Crippen molar-refractivity contribution in [2.45, 2.75) is 39.2 Å². The molecule has 3 aromatic rings. The Morgan fingerprint density at radius 1 is 1.00 bits per heavy atom. The SMILES string of the molecule is CNc1ncc(Cl)cc1C(=O)N(CCc1ccc(Cl)c(Cl)c1)Cc1ccc(C(C)(C)C)cn1. The van der Waals surface area contributed by atoms with Gasteiger partial charge in [0.05, 0.1) is 32.9 Å². The van der Waals surface area contributed by atoms with Crippen molar-refractivity contribution in [2.24, 2.45) is 0 Å². The Hall–Kier alpha value is -2.34. The molecule has 33 heavy (non-hydrogen) atoms. The van der Waals surface area contributed by atoms with Gasteiger partial charge in [0.25, 0.3) is 5.91 Å². The Bertz CT molecular complexity index is 1130. The van der Waals surface area contributed by atoms with E-state index in [-0.39, 0.29) is 11.3 Å². The van der Waals surface area contributed by atoms with Crippen molar-refractivity contribution in [3.8, 4) is 0 Å². The summed E-state index contributed by atoms with van der Waals surface area (Å²) < 4.78 is 0. The van der Waals surface area contributed by atoms with Crippen molar-refractivity contribution in [3.05, 3.63) is 86.2 Å². The maximum absolute atomic E-state index is 13.6. The normalized spacial score (nSPS) is 11.4. The van der Waals surface area contributed by atoms with Gasteiger partial charge < -0.3 is 10.2 Å². The summed E-state index contributed by atoms with van der Waals surface area (Å²) in [5.41, 5.74) is 3.33. The predicted octanol–water partition coefficient (Wildman–Crippen LogP) is 6.66. The molecule has 174 valence electrons. The highest BCUT2D eigenvalue weighted by Crippen LogP contribution is 2.25. The molecule has 0 saturated carbocycles. The molecular formula is C25H27Cl3N4O. The molecule has 0 fully saturated rings. The van der Waals surface area contributed by atoms with Gasteiger partial charge in [0.2, 0.25) is 0 Å². The minimum Gasteiger partial charge on any atom is -0.372 e. The van der Waals surface area contributed by atoms with Gasteiger partial charge in [0.1, 0.15) is 5.82 Å². The molecule has 2 heterocycles. The Morgan fingerprint density at radius 3 is 2.36 bits per heavy atom. The van der Waals surface area contributed by atoms with E-state index in [9.17, 15) is 4.79 Å². The zero-order valence-corrected chi connectivity index (χ0v) is 21.4. The fourth-order valence-electron chi connectivity index (χ4n) is 3.34. The van der Waals surface area contributed by atoms with E-state index in [0.717, 1.165) is 16.8 Å². The van der Waals surface area contributed by atoms with Crippen molar-refractivity contribution < 1.29 is 4.79 Å². The van der Waals surface area contributed by atoms with Crippen LogP contribution in [0.15, 0.2) is 48.8 Å². The largest absolute Gasteiger partial charge is 0.372 e. The standard InChI is InChI=1S/C25H27Cl3N4O/c1-25(2,3)17-6-7-19(30-13-17)15-32(10-9-16-5-8-21(27)22(28)11-16)24(33)20-12-18(26)14-31-23(20)29-4/h5-8,11-14H,9-10,15H2,1-4H3,(H,29,31). The second-order valence-electron chi connectivity index (χ2n) is 8.81. The van der Waals surface area contributed by atoms with Gasteiger partial charge in [0, 0.05) is 26.0 Å². The Morgan fingerprint density at radius 2 is 1.76 bits per heavy atom. The van der Waals surface area contributed by atoms with E-state index in [0.29, 0.717) is 46.0 Å². The third kappa shape index (κ3) is 6.59. The van der Waals surface area contributed by atoms with E-state index in [2.05, 4.69) is 42.1 Å². The molecule has 1 amide bonds. The molecule has 0 spiro atoms. The molecule has 5 nitrogen and oxygen atoms in total. The lowest BCUT2D eigenvalue weighted by atomic mass is 9.88. The second-order valence-corrected chi connectivity index (χ2v) is 10.1. The van der Waals surface area contributed by atoms with Crippen molar-refractivity contribution >= 4 is 46.5 Å². The molecule has 0 aliphatic heterocycles. The van der Waals surface area contributed by atoms with Crippen LogP contribution in [0.5, 0.6) is 0 Å². The smallest absolute Gasteiger partial charge is 0.258 e. The van der Waals surface area contributed by atoms with Gasteiger partial charge in [0.15, 0.2) is 0 Å². The van der Waals surface area contributed by atoms with E-state index in [4.69, 9.17) is 34.8 Å². The van der Waals surface area contributed by atoms with Crippen LogP contribution in [-0.4, -0.2) is 34.4 Å². The number of aromatic nitrogens is 2. The Kier molecular flexibility index (Phi) is 8.22. The highest BCUT2D eigenvalue weighted by Gasteiger charge is 2.22. The molecule has 0 saturated heterocycles. The molecule has 3 rings (SSSR count). The number of hydrogen-bond donors (Lipinski definition) is 1. The summed E-state index contributed by atoms with van der Waals surface area (Å²) in [5.74, 6) is 0.288. The zero-order chi connectivity index (χ0) is 24.2. The first-order valence-electron chi connectivity index (χ1n) is 10.6. The first kappa shape index (κ1) is 25.3. The maximum atomic E-state index is 13.6. The van der Waals surface area contributed by atoms with Crippen molar-refractivity contribution in [1.82, 2.24) is 14.9 Å². The van der Waals surface area contributed by atoms with Crippen LogP contribution in [0, 0.1) is 0 Å². The van der Waals surface area contributed by atoms with Gasteiger partial charge in [-0.05, 0) is 47.2 Å². The molecule has 1 N–H and O–H groups in total. The Labute approximate surface area is 210 Å². The van der Waals surface area contributed by atoms with Crippen LogP contribution in [0.4, 0.5) is 5.82 Å². The molecule has 0 aliphatic rings. The fraction of sp³-hybridized carbons (Fsp3) is 0.320. The predicted molar refractivity (Wildman–Crippen MR) is 137 cm³/mol. The average molecular weight is 506 g/mol. The van der Waals surface area contributed by atoms with E-state index in [1.807, 2.05) is 24.4 Å². The number of anilines is 1. The molecule has 0 aliphatic carbocycles. The summed E-state index contributed by atoms with van der Waals surface area (Å²) >= 11 is 18.4. The number of rotatable bonds is 7. The van der Waals surface area contributed by atoms with E-state index < -0.39 is 0 Å². The molecular weight excluding hydrogens is 479 g/mol. The van der Waals surface area contributed by atoms with Gasteiger partial charge in [-0.3, -0.25) is 9.78 Å². The quantitative estimate of drug-likeness (QED) is 0.390. The van der Waals surface area contributed by atoms with Crippen LogP contribution in [0.2, 0.25) is 15.1 Å². The second kappa shape index (κ2) is 10.7. The minimum absolute atomic E-state index is 0.00302. The van der Waals surface area contributed by atoms with Gasteiger partial charge in [-0.15, -0.1) is 0 Å². The monoisotopic (exact) mass is 504 g/mol. The van der Waals surface area contributed by atoms with Crippen LogP contribution < -0.4 is 5.32 Å². The summed E-state index contributed by atoms with van der Waals surface area (Å²) in [7, 11) is 1.72. The van der Waals surface area contributed by atoms with Crippen LogP contribution in [-0.2, 0) is 18.4 Å². The number of amides is 1. The van der Waals surface area contributed by atoms with Crippen LogP contribution in [0.3, 0.4) is 0 Å². The number of halogens is 3. The maximum Gasteiger partial charge on any atom is 0.258 e. The highest BCUT2D eigenvalue weighted by atomic mass is 35.5. The summed E-state index contributed by atoms with van der Waals surface area (Å²) in [4.78, 5) is 24.2. The molecule has 2 aromatic heterocycles. The van der Waals surface area contributed by atoms with Gasteiger partial charge in [-0.25, -0.2) is 4.98 Å². The number of carbonyl (C=O) groups is 1. The van der Waals surface area contributed by atoms with Crippen LogP contribution in [0.1, 0.15) is 48.0 Å². The first-order valence-corrected chi connectivity index (χ1v) is 11.7. The molecule has 0 atom stereocenters. The van der Waals surface area contributed by atoms with Crippen molar-refractivity contribution in [3.63, 3.8) is 0 Å². The number of benzene rings is 1. The van der Waals surface area contributed by atoms with Crippen molar-refractivity contribution in [1.29, 1.82) is 0 Å². The van der Waals surface area contributed by atoms with E-state index >= 15 is 0 Å². The fourth-order valence-corrected chi connectivity index (χ4v) is 3.82. The summed E-state index contributed by atoms with van der Waals surface area (Å²) in [6.07, 6.45) is 3.99. The van der Waals surface area contributed by atoms with Gasteiger partial charge in [-0.1, -0.05) is 67.7 Å². The number of carbonyl (C=O) groups excluding carboxylic acids is 1. The third-order valence-corrected chi connectivity index (χ3v) is 6.25. The third-order valence-electron chi connectivity index (χ3n) is 5.31. The number of hydrogen-bond acceptors (Lipinski definition) is 4. The molecule has 8 heteroatoms. The van der Waals surface area contributed by atoms with Crippen molar-refractivity contribution in [2.75, 3.05) is 18.9 Å². The molecule has 1 aromatic carbocycles. The lowest BCUT2D eigenvalue weighted by Crippen LogP contribution is -2.33. The van der Waals surface area contributed by atoms with Gasteiger partial charge in [-0.2, -0.15) is 0 Å². The summed E-state index contributed by atoms with van der Waals surface area (Å²) in [5, 5.41) is 4.36. The summed E-state index contributed by atoms with van der Waals surface area (Å²) in [6, 6.07) is 11.2. The Balaban J connectivity index is 1.89. The average Bonchev–Trinajstić information content (AvgIpc) is 2.78. The lowest BCUT2D eigenvalue weighted by molar-refractivity contribution is 0.0743. The van der Waals surface area contributed by atoms with E-state index in [1.165, 1.54) is 6.20 Å². The zero-order valence-electron chi connectivity index (χ0n) is 19.1. The number of pyridine rings is 2. The first-order chi connectivity index (χ1) is 15.6. The summed E-state index contributed by atoms with van der Waals surface area (Å²) in [6.45, 7) is 7.22. The topological polar surface area (TPSA) is 58.1 Å². The highest BCUT2D eigenvalue weighted by molar-refractivity contribution is 6.42. The lowest BCUT2D eigenvalue weighted by Gasteiger charge is -2.24. The minimum atomic E-state index is -0.184. The van der Waals surface area contributed by atoms with Crippen LogP contribution in [0.25, 0.3) is 0 Å².